The first-order chi connectivity index (χ1) is 7.81. The number of hydrogen-bond donors (Lipinski definition) is 1. The number of nitrogens with one attached hydrogen (secondary N) is 1. The molecular formula is C12H15N3O. The molecule has 0 bridgehead atoms. The summed E-state index contributed by atoms with van der Waals surface area (Å²) in [6.07, 6.45) is 7.13. The molecule has 0 spiro atoms. The van der Waals surface area contributed by atoms with Crippen LogP contribution in [0.5, 0.6) is 0 Å². The van der Waals surface area contributed by atoms with Gasteiger partial charge >= 0.3 is 0 Å². The van der Waals surface area contributed by atoms with Crippen molar-refractivity contribution in [1.29, 1.82) is 0 Å². The monoisotopic (exact) mass is 217 g/mol. The average Bonchev–Trinajstić information content (AvgIpc) is 2.29. The van der Waals surface area contributed by atoms with Crippen LogP contribution in [0.2, 0.25) is 0 Å². The zero-order valence-corrected chi connectivity index (χ0v) is 9.31. The van der Waals surface area contributed by atoms with Gasteiger partial charge in [0.05, 0.1) is 12.2 Å². The van der Waals surface area contributed by atoms with Crippen molar-refractivity contribution in [3.8, 4) is 0 Å². The number of aromatic nitrogens is 1. The van der Waals surface area contributed by atoms with E-state index >= 15 is 0 Å². The Morgan fingerprint density at radius 1 is 1.50 bits per heavy atom. The lowest BCUT2D eigenvalue weighted by atomic mass is 10.3. The van der Waals surface area contributed by atoms with Gasteiger partial charge in [-0.1, -0.05) is 19.1 Å². The minimum absolute atomic E-state index is 0.109. The second kappa shape index (κ2) is 4.79. The van der Waals surface area contributed by atoms with Crippen molar-refractivity contribution in [3.05, 3.63) is 34.6 Å². The molecular weight excluding hydrogens is 202 g/mol. The van der Waals surface area contributed by atoms with E-state index in [2.05, 4.69) is 34.0 Å². The summed E-state index contributed by atoms with van der Waals surface area (Å²) < 4.78 is 0. The molecule has 1 aliphatic heterocycles. The molecule has 84 valence electrons. The molecule has 0 unspecified atom stereocenters. The fourth-order valence-corrected chi connectivity index (χ4v) is 1.68. The summed E-state index contributed by atoms with van der Waals surface area (Å²) in [5.74, 6) is 0.656. The van der Waals surface area contributed by atoms with Crippen LogP contribution in [0.3, 0.4) is 0 Å². The van der Waals surface area contributed by atoms with Crippen LogP contribution in [0.25, 0.3) is 0 Å². The van der Waals surface area contributed by atoms with Gasteiger partial charge in [0.2, 0.25) is 5.56 Å². The molecule has 0 atom stereocenters. The van der Waals surface area contributed by atoms with Gasteiger partial charge in [0.1, 0.15) is 0 Å². The van der Waals surface area contributed by atoms with Gasteiger partial charge in [-0.3, -0.25) is 4.79 Å². The smallest absolute Gasteiger partial charge is 0.249 e. The maximum atomic E-state index is 11.1. The van der Waals surface area contributed by atoms with Crippen molar-refractivity contribution < 1.29 is 0 Å². The highest BCUT2D eigenvalue weighted by Gasteiger charge is 2.12. The number of allylic oxidation sites excluding steroid dienone is 1. The minimum atomic E-state index is -0.109. The van der Waals surface area contributed by atoms with Crippen LogP contribution in [-0.4, -0.2) is 24.3 Å². The molecule has 0 aliphatic carbocycles. The van der Waals surface area contributed by atoms with Gasteiger partial charge in [-0.05, 0) is 12.5 Å². The number of H-pyrrole nitrogens is 1. The molecule has 0 saturated carbocycles. The van der Waals surface area contributed by atoms with E-state index in [9.17, 15) is 4.79 Å². The van der Waals surface area contributed by atoms with E-state index in [4.69, 9.17) is 0 Å². The summed E-state index contributed by atoms with van der Waals surface area (Å²) in [4.78, 5) is 20.2. The number of anilines is 1. The minimum Gasteiger partial charge on any atom is -0.360 e. The average molecular weight is 217 g/mol. The Balaban J connectivity index is 2.23. The molecule has 4 heteroatoms. The number of pyridine rings is 1. The fourth-order valence-electron chi connectivity index (χ4n) is 1.68. The van der Waals surface area contributed by atoms with E-state index in [0.29, 0.717) is 5.82 Å². The van der Waals surface area contributed by atoms with Gasteiger partial charge in [0, 0.05) is 18.8 Å². The number of fused-ring (bicyclic) bond motifs is 1. The van der Waals surface area contributed by atoms with E-state index in [0.717, 1.165) is 25.2 Å². The maximum absolute atomic E-state index is 11.1. The SMILES string of the molecule is CCC=CCN1CC=Nc2[nH]c(=O)ccc21. The molecule has 1 aromatic rings. The van der Waals surface area contributed by atoms with Gasteiger partial charge in [-0.25, -0.2) is 4.99 Å². The van der Waals surface area contributed by atoms with Gasteiger partial charge in [0.15, 0.2) is 5.82 Å². The second-order valence-corrected chi connectivity index (χ2v) is 3.65. The van der Waals surface area contributed by atoms with Crippen LogP contribution in [0.1, 0.15) is 13.3 Å². The Morgan fingerprint density at radius 2 is 2.38 bits per heavy atom. The van der Waals surface area contributed by atoms with Crippen LogP contribution >= 0.6 is 0 Å². The highest BCUT2D eigenvalue weighted by Crippen LogP contribution is 2.26. The summed E-state index contributed by atoms with van der Waals surface area (Å²) in [7, 11) is 0. The molecule has 0 aromatic carbocycles. The third-order valence-electron chi connectivity index (χ3n) is 2.47. The molecule has 2 rings (SSSR count). The highest BCUT2D eigenvalue weighted by atomic mass is 16.1. The lowest BCUT2D eigenvalue weighted by Crippen LogP contribution is -2.28. The van der Waals surface area contributed by atoms with Gasteiger partial charge in [0.25, 0.3) is 0 Å². The molecule has 4 nitrogen and oxygen atoms in total. The predicted molar refractivity (Wildman–Crippen MR) is 66.9 cm³/mol. The Bertz CT molecular complexity index is 473. The van der Waals surface area contributed by atoms with Crippen LogP contribution in [-0.2, 0) is 0 Å². The molecule has 1 aromatic heterocycles. The highest BCUT2D eigenvalue weighted by molar-refractivity contribution is 5.79. The Labute approximate surface area is 94.3 Å². The normalized spacial score (nSPS) is 14.4. The fraction of sp³-hybridized carbons (Fsp3) is 0.333. The van der Waals surface area contributed by atoms with Crippen LogP contribution < -0.4 is 10.5 Å². The Hall–Kier alpha value is -1.84. The van der Waals surface area contributed by atoms with Crippen LogP contribution in [0.15, 0.2) is 34.1 Å². The van der Waals surface area contributed by atoms with E-state index in [1.165, 1.54) is 6.07 Å². The first-order valence-corrected chi connectivity index (χ1v) is 5.47. The Morgan fingerprint density at radius 3 is 3.19 bits per heavy atom. The molecule has 0 fully saturated rings. The van der Waals surface area contributed by atoms with Crippen molar-refractivity contribution in [3.63, 3.8) is 0 Å². The number of aromatic amines is 1. The van der Waals surface area contributed by atoms with E-state index in [1.807, 2.05) is 12.3 Å². The lowest BCUT2D eigenvalue weighted by molar-refractivity contribution is 0.952. The largest absolute Gasteiger partial charge is 0.360 e. The first-order valence-electron chi connectivity index (χ1n) is 5.47. The van der Waals surface area contributed by atoms with Crippen molar-refractivity contribution in [2.24, 2.45) is 4.99 Å². The number of nitrogens with zero attached hydrogens (tertiary/aromatic N) is 2. The lowest BCUT2D eigenvalue weighted by Gasteiger charge is -2.25. The van der Waals surface area contributed by atoms with E-state index in [1.54, 1.807) is 0 Å². The molecule has 16 heavy (non-hydrogen) atoms. The molecule has 0 saturated heterocycles. The number of aliphatic imine (C=N–C) groups is 1. The van der Waals surface area contributed by atoms with E-state index in [-0.39, 0.29) is 5.56 Å². The standard InChI is InChI=1S/C12H15N3O/c1-2-3-4-8-15-9-7-13-12-10(15)5-6-11(16)14-12/h3-7H,2,8-9H2,1H3,(H,14,16). The zero-order valence-electron chi connectivity index (χ0n) is 9.31. The topological polar surface area (TPSA) is 48.5 Å². The zero-order chi connectivity index (χ0) is 11.4. The van der Waals surface area contributed by atoms with Crippen molar-refractivity contribution >= 4 is 17.7 Å². The molecule has 1 aliphatic rings. The molecule has 0 amide bonds. The van der Waals surface area contributed by atoms with Gasteiger partial charge in [-0.15, -0.1) is 0 Å². The summed E-state index contributed by atoms with van der Waals surface area (Å²) in [5, 5.41) is 0. The van der Waals surface area contributed by atoms with Gasteiger partial charge in [-0.2, -0.15) is 0 Å². The molecule has 2 heterocycles. The summed E-state index contributed by atoms with van der Waals surface area (Å²) in [6.45, 7) is 3.74. The summed E-state index contributed by atoms with van der Waals surface area (Å²) >= 11 is 0. The third-order valence-corrected chi connectivity index (χ3v) is 2.47. The quantitative estimate of drug-likeness (QED) is 0.786. The maximum Gasteiger partial charge on any atom is 0.249 e. The van der Waals surface area contributed by atoms with Crippen molar-refractivity contribution in [2.75, 3.05) is 18.0 Å². The Kier molecular flexibility index (Phi) is 3.19. The second-order valence-electron chi connectivity index (χ2n) is 3.65. The summed E-state index contributed by atoms with van der Waals surface area (Å²) in [6, 6.07) is 3.36. The number of hydrogen-bond acceptors (Lipinski definition) is 3. The van der Waals surface area contributed by atoms with E-state index < -0.39 is 0 Å². The molecule has 0 radical (unpaired) electrons. The number of rotatable bonds is 3. The first kappa shape index (κ1) is 10.7. The molecule has 1 N–H and O–H groups in total. The van der Waals surface area contributed by atoms with Gasteiger partial charge < -0.3 is 9.88 Å². The van der Waals surface area contributed by atoms with Crippen LogP contribution in [0.4, 0.5) is 11.5 Å². The third kappa shape index (κ3) is 2.21. The summed E-state index contributed by atoms with van der Waals surface area (Å²) in [5.41, 5.74) is 0.879. The van der Waals surface area contributed by atoms with Crippen molar-refractivity contribution in [1.82, 2.24) is 4.98 Å². The predicted octanol–water partition coefficient (Wildman–Crippen LogP) is 1.86. The van der Waals surface area contributed by atoms with Crippen LogP contribution in [0, 0.1) is 0 Å². The van der Waals surface area contributed by atoms with Crippen molar-refractivity contribution in [2.45, 2.75) is 13.3 Å².